The highest BCUT2D eigenvalue weighted by Crippen LogP contribution is 2.32. The van der Waals surface area contributed by atoms with E-state index >= 15 is 0 Å². The van der Waals surface area contributed by atoms with E-state index in [9.17, 15) is 23.5 Å². The highest BCUT2D eigenvalue weighted by atomic mass is 19.3. The maximum atomic E-state index is 13.4. The van der Waals surface area contributed by atoms with Gasteiger partial charge in [-0.2, -0.15) is 8.78 Å². The fourth-order valence-electron chi connectivity index (χ4n) is 3.90. The molecule has 0 bridgehead atoms. The lowest BCUT2D eigenvalue weighted by atomic mass is 9.89. The summed E-state index contributed by atoms with van der Waals surface area (Å²) in [5.74, 6) is -1.26. The Balaban J connectivity index is 1.91. The molecule has 0 aliphatic rings. The molecule has 0 spiro atoms. The molecule has 3 aromatic carbocycles. The zero-order valence-corrected chi connectivity index (χ0v) is 19.7. The number of carbonyl (C=O) groups is 2. The van der Waals surface area contributed by atoms with Gasteiger partial charge in [0.2, 0.25) is 0 Å². The van der Waals surface area contributed by atoms with E-state index in [1.54, 1.807) is 31.2 Å². The van der Waals surface area contributed by atoms with Gasteiger partial charge in [-0.3, -0.25) is 4.79 Å². The molecule has 3 rings (SSSR count). The summed E-state index contributed by atoms with van der Waals surface area (Å²) < 4.78 is 35.2. The van der Waals surface area contributed by atoms with Crippen molar-refractivity contribution >= 4 is 22.6 Å². The zero-order valence-electron chi connectivity index (χ0n) is 19.7. The van der Waals surface area contributed by atoms with E-state index in [-0.39, 0.29) is 24.3 Å². The van der Waals surface area contributed by atoms with Crippen LogP contribution in [-0.2, 0) is 11.4 Å². The van der Waals surface area contributed by atoms with E-state index in [0.29, 0.717) is 29.5 Å². The van der Waals surface area contributed by atoms with Gasteiger partial charge < -0.3 is 19.9 Å². The first kappa shape index (κ1) is 25.9. The Morgan fingerprint density at radius 3 is 2.37 bits per heavy atom. The van der Waals surface area contributed by atoms with Crippen LogP contribution in [-0.4, -0.2) is 29.1 Å². The van der Waals surface area contributed by atoms with Gasteiger partial charge >= 0.3 is 12.6 Å². The average Bonchev–Trinajstić information content (AvgIpc) is 2.85. The molecule has 0 saturated carbocycles. The van der Waals surface area contributed by atoms with E-state index < -0.39 is 24.0 Å². The van der Waals surface area contributed by atoms with Gasteiger partial charge in [-0.15, -0.1) is 0 Å². The number of aliphatic carboxylic acids is 1. The average molecular weight is 486 g/mol. The maximum absolute atomic E-state index is 13.4. The summed E-state index contributed by atoms with van der Waals surface area (Å²) in [5.41, 5.74) is -0.476. The van der Waals surface area contributed by atoms with Gasteiger partial charge in [-0.1, -0.05) is 69.2 Å². The number of carboxylic acid groups (broad SMARTS) is 1. The minimum Gasteiger partial charge on any atom is -0.487 e. The Hall–Kier alpha value is -3.68. The first-order chi connectivity index (χ1) is 16.8. The summed E-state index contributed by atoms with van der Waals surface area (Å²) in [4.78, 5) is 25.5. The van der Waals surface area contributed by atoms with E-state index in [4.69, 9.17) is 4.74 Å². The summed E-state index contributed by atoms with van der Waals surface area (Å²) in [5, 5.41) is 14.2. The third-order valence-corrected chi connectivity index (χ3v) is 5.98. The van der Waals surface area contributed by atoms with Gasteiger partial charge in [0.15, 0.2) is 0 Å². The monoisotopic (exact) mass is 485 g/mol. The number of fused-ring (bicyclic) bond motifs is 1. The summed E-state index contributed by atoms with van der Waals surface area (Å²) >= 11 is 0. The van der Waals surface area contributed by atoms with Gasteiger partial charge in [0, 0.05) is 5.39 Å². The number of rotatable bonds is 12. The Labute approximate surface area is 202 Å². The summed E-state index contributed by atoms with van der Waals surface area (Å²) in [7, 11) is 0. The smallest absolute Gasteiger partial charge is 0.387 e. The summed E-state index contributed by atoms with van der Waals surface area (Å²) in [6.45, 7) is 0.860. The third-order valence-electron chi connectivity index (χ3n) is 5.98. The Morgan fingerprint density at radius 1 is 1.03 bits per heavy atom. The second-order valence-corrected chi connectivity index (χ2v) is 8.27. The second-order valence-electron chi connectivity index (χ2n) is 8.27. The van der Waals surface area contributed by atoms with Gasteiger partial charge in [0.25, 0.3) is 5.91 Å². The number of nitrogens with one attached hydrogen (secondary N) is 1. The number of amides is 1. The van der Waals surface area contributed by atoms with Gasteiger partial charge in [-0.25, -0.2) is 4.79 Å². The molecule has 0 heterocycles. The normalized spacial score (nSPS) is 12.8. The molecule has 6 nitrogen and oxygen atoms in total. The molecule has 0 aromatic heterocycles. The van der Waals surface area contributed by atoms with Crippen molar-refractivity contribution < 1.29 is 33.0 Å². The Bertz CT molecular complexity index is 1170. The second kappa shape index (κ2) is 11.6. The number of halogens is 2. The molecule has 8 heteroatoms. The third kappa shape index (κ3) is 6.26. The van der Waals surface area contributed by atoms with Crippen LogP contribution in [0.15, 0.2) is 60.7 Å². The number of unbranched alkanes of at least 4 members (excludes halogenated alkanes) is 1. The van der Waals surface area contributed by atoms with Crippen LogP contribution >= 0.6 is 0 Å². The predicted octanol–water partition coefficient (Wildman–Crippen LogP) is 6.17. The van der Waals surface area contributed by atoms with Gasteiger partial charge in [-0.05, 0) is 42.0 Å². The number of hydrogen-bond acceptors (Lipinski definition) is 4. The molecule has 0 aliphatic carbocycles. The molecular weight excluding hydrogens is 456 g/mol. The molecule has 2 N–H and O–H groups in total. The lowest BCUT2D eigenvalue weighted by molar-refractivity contribution is -0.145. The highest BCUT2D eigenvalue weighted by molar-refractivity contribution is 6.05. The van der Waals surface area contributed by atoms with E-state index in [2.05, 4.69) is 10.1 Å². The van der Waals surface area contributed by atoms with Gasteiger partial charge in [0.05, 0.1) is 5.56 Å². The molecule has 0 fully saturated rings. The van der Waals surface area contributed by atoms with Crippen molar-refractivity contribution in [2.45, 2.75) is 58.3 Å². The molecule has 3 aromatic rings. The molecule has 1 atom stereocenters. The summed E-state index contributed by atoms with van der Waals surface area (Å²) in [6, 6.07) is 16.8. The van der Waals surface area contributed by atoms with Crippen LogP contribution in [0.3, 0.4) is 0 Å². The minimum atomic E-state index is -2.91. The molecule has 0 aliphatic heterocycles. The molecule has 0 saturated heterocycles. The van der Waals surface area contributed by atoms with Crippen LogP contribution in [0.25, 0.3) is 10.8 Å². The SMILES string of the molecule is CCCCC(CC)(NC(=O)c1ccc2ccccc2c1OCc1ccc(OC(F)F)cc1)C(=O)O. The van der Waals surface area contributed by atoms with E-state index in [0.717, 1.165) is 11.8 Å². The van der Waals surface area contributed by atoms with Crippen molar-refractivity contribution in [2.75, 3.05) is 0 Å². The van der Waals surface area contributed by atoms with Crippen molar-refractivity contribution in [3.05, 3.63) is 71.8 Å². The van der Waals surface area contributed by atoms with Crippen LogP contribution in [0.5, 0.6) is 11.5 Å². The molecular formula is C27H29F2NO5. The minimum absolute atomic E-state index is 0.0330. The van der Waals surface area contributed by atoms with Crippen molar-refractivity contribution in [1.82, 2.24) is 5.32 Å². The van der Waals surface area contributed by atoms with Crippen LogP contribution in [0, 0.1) is 0 Å². The van der Waals surface area contributed by atoms with Crippen LogP contribution in [0.4, 0.5) is 8.78 Å². The summed E-state index contributed by atoms with van der Waals surface area (Å²) in [6.07, 6.45) is 2.02. The van der Waals surface area contributed by atoms with Crippen molar-refractivity contribution in [1.29, 1.82) is 0 Å². The van der Waals surface area contributed by atoms with E-state index in [1.165, 1.54) is 12.1 Å². The standard InChI is InChI=1S/C27H29F2NO5/c1-3-5-16-27(4-2,25(32)33)30-24(31)22-15-12-19-8-6-7-9-21(19)23(22)34-17-18-10-13-20(14-11-18)35-26(28)29/h6-15,26H,3-5,16-17H2,1-2H3,(H,30,31)(H,32,33). The zero-order chi connectivity index (χ0) is 25.4. The fraction of sp³-hybridized carbons (Fsp3) is 0.333. The molecule has 35 heavy (non-hydrogen) atoms. The van der Waals surface area contributed by atoms with Crippen molar-refractivity contribution in [2.24, 2.45) is 0 Å². The molecule has 0 radical (unpaired) electrons. The first-order valence-electron chi connectivity index (χ1n) is 11.5. The van der Waals surface area contributed by atoms with Crippen LogP contribution in [0.1, 0.15) is 55.5 Å². The van der Waals surface area contributed by atoms with Crippen molar-refractivity contribution in [3.63, 3.8) is 0 Å². The predicted molar refractivity (Wildman–Crippen MR) is 129 cm³/mol. The largest absolute Gasteiger partial charge is 0.487 e. The molecule has 186 valence electrons. The number of alkyl halides is 2. The number of ether oxygens (including phenoxy) is 2. The Kier molecular flexibility index (Phi) is 8.63. The lowest BCUT2D eigenvalue weighted by Gasteiger charge is -2.30. The molecule has 1 unspecified atom stereocenters. The van der Waals surface area contributed by atoms with Crippen LogP contribution < -0.4 is 14.8 Å². The topological polar surface area (TPSA) is 84.9 Å². The first-order valence-corrected chi connectivity index (χ1v) is 11.5. The Morgan fingerprint density at radius 2 is 1.74 bits per heavy atom. The molecule has 1 amide bonds. The van der Waals surface area contributed by atoms with Gasteiger partial charge in [0.1, 0.15) is 23.6 Å². The fourth-order valence-corrected chi connectivity index (χ4v) is 3.90. The highest BCUT2D eigenvalue weighted by Gasteiger charge is 2.38. The van der Waals surface area contributed by atoms with Crippen molar-refractivity contribution in [3.8, 4) is 11.5 Å². The maximum Gasteiger partial charge on any atom is 0.387 e. The number of carbonyl (C=O) groups excluding carboxylic acids is 1. The lowest BCUT2D eigenvalue weighted by Crippen LogP contribution is -2.54. The number of carboxylic acids is 1. The van der Waals surface area contributed by atoms with Crippen LogP contribution in [0.2, 0.25) is 0 Å². The van der Waals surface area contributed by atoms with E-state index in [1.807, 2.05) is 31.2 Å². The number of hydrogen-bond donors (Lipinski definition) is 2. The number of benzene rings is 3. The quantitative estimate of drug-likeness (QED) is 0.320.